The zero-order valence-corrected chi connectivity index (χ0v) is 11.1. The maximum Gasteiger partial charge on any atom is 0.326 e. The zero-order valence-electron chi connectivity index (χ0n) is 11.1. The topological polar surface area (TPSA) is 87.7 Å². The molecule has 1 atom stereocenters. The van der Waals surface area contributed by atoms with Crippen LogP contribution in [0.4, 0.5) is 10.5 Å². The number of urea groups is 1. The Morgan fingerprint density at radius 3 is 2.53 bits per heavy atom. The number of methoxy groups -OCH3 is 1. The lowest BCUT2D eigenvalue weighted by molar-refractivity contribution is -0.140. The van der Waals surface area contributed by atoms with E-state index < -0.39 is 18.0 Å². The van der Waals surface area contributed by atoms with Gasteiger partial charge >= 0.3 is 12.0 Å². The normalized spacial score (nSPS) is 11.8. The van der Waals surface area contributed by atoms with Gasteiger partial charge in [0.1, 0.15) is 11.8 Å². The summed E-state index contributed by atoms with van der Waals surface area (Å²) in [6.07, 6.45) is 0. The number of rotatable bonds is 5. The van der Waals surface area contributed by atoms with Crippen LogP contribution in [0.2, 0.25) is 0 Å². The molecule has 6 nitrogen and oxygen atoms in total. The number of carbonyl (C=O) groups excluding carboxylic acids is 1. The molecule has 0 bridgehead atoms. The van der Waals surface area contributed by atoms with Gasteiger partial charge in [-0.3, -0.25) is 0 Å². The molecule has 3 N–H and O–H groups in total. The molecule has 1 rings (SSSR count). The standard InChI is InChI=1S/C13H18N2O4/c1-8(2)11(12(16)17)15-13(18)14-9-5-4-6-10(7-9)19-3/h4-8,11H,1-3H3,(H,16,17)(H2,14,15,18)/t11-/m1/s1. The second kappa shape index (κ2) is 6.63. The minimum atomic E-state index is -1.06. The Hall–Kier alpha value is -2.24. The lowest BCUT2D eigenvalue weighted by Crippen LogP contribution is -2.46. The minimum absolute atomic E-state index is 0.200. The molecule has 6 heteroatoms. The number of aliphatic carboxylic acids is 1. The summed E-state index contributed by atoms with van der Waals surface area (Å²) in [5.41, 5.74) is 0.532. The summed E-state index contributed by atoms with van der Waals surface area (Å²) in [7, 11) is 1.53. The molecule has 0 aromatic heterocycles. The summed E-state index contributed by atoms with van der Waals surface area (Å²) < 4.78 is 5.03. The van der Waals surface area contributed by atoms with Crippen molar-refractivity contribution in [1.29, 1.82) is 0 Å². The molecular weight excluding hydrogens is 248 g/mol. The first-order valence-electron chi connectivity index (χ1n) is 5.88. The number of carboxylic acids is 1. The van der Waals surface area contributed by atoms with Crippen LogP contribution in [0.5, 0.6) is 5.75 Å². The molecule has 0 radical (unpaired) electrons. The third-order valence-corrected chi connectivity index (χ3v) is 2.55. The van der Waals surface area contributed by atoms with Crippen molar-refractivity contribution in [3.05, 3.63) is 24.3 Å². The lowest BCUT2D eigenvalue weighted by Gasteiger charge is -2.18. The predicted octanol–water partition coefficient (Wildman–Crippen LogP) is 1.93. The largest absolute Gasteiger partial charge is 0.497 e. The number of anilines is 1. The van der Waals surface area contributed by atoms with Crippen LogP contribution < -0.4 is 15.4 Å². The van der Waals surface area contributed by atoms with Crippen LogP contribution in [-0.4, -0.2) is 30.3 Å². The van der Waals surface area contributed by atoms with E-state index >= 15 is 0 Å². The van der Waals surface area contributed by atoms with E-state index in [0.717, 1.165) is 0 Å². The summed E-state index contributed by atoms with van der Waals surface area (Å²) in [4.78, 5) is 22.7. The summed E-state index contributed by atoms with van der Waals surface area (Å²) in [6, 6.07) is 5.32. The van der Waals surface area contributed by atoms with Gasteiger partial charge in [-0.1, -0.05) is 19.9 Å². The number of nitrogens with one attached hydrogen (secondary N) is 2. The van der Waals surface area contributed by atoms with Crippen LogP contribution in [0.1, 0.15) is 13.8 Å². The van der Waals surface area contributed by atoms with Crippen molar-refractivity contribution in [3.8, 4) is 5.75 Å². The fraction of sp³-hybridized carbons (Fsp3) is 0.385. The number of ether oxygens (including phenoxy) is 1. The molecule has 0 saturated carbocycles. The minimum Gasteiger partial charge on any atom is -0.497 e. The van der Waals surface area contributed by atoms with E-state index in [0.29, 0.717) is 11.4 Å². The SMILES string of the molecule is COc1cccc(NC(=O)N[C@@H](C(=O)O)C(C)C)c1. The fourth-order valence-corrected chi connectivity index (χ4v) is 1.52. The molecule has 0 aliphatic carbocycles. The van der Waals surface area contributed by atoms with Gasteiger partial charge in [-0.2, -0.15) is 0 Å². The Balaban J connectivity index is 2.66. The zero-order chi connectivity index (χ0) is 14.4. The van der Waals surface area contributed by atoms with Crippen molar-refractivity contribution in [3.63, 3.8) is 0 Å². The molecule has 0 fully saturated rings. The average Bonchev–Trinajstić information content (AvgIpc) is 2.35. The molecule has 0 spiro atoms. The van der Waals surface area contributed by atoms with Crippen molar-refractivity contribution in [2.24, 2.45) is 5.92 Å². The number of carbonyl (C=O) groups is 2. The predicted molar refractivity (Wildman–Crippen MR) is 71.4 cm³/mol. The highest BCUT2D eigenvalue weighted by Gasteiger charge is 2.23. The van der Waals surface area contributed by atoms with E-state index in [1.165, 1.54) is 7.11 Å². The van der Waals surface area contributed by atoms with Crippen LogP contribution in [0.25, 0.3) is 0 Å². The lowest BCUT2D eigenvalue weighted by atomic mass is 10.1. The quantitative estimate of drug-likeness (QED) is 0.759. The first kappa shape index (κ1) is 14.8. The van der Waals surface area contributed by atoms with E-state index in [4.69, 9.17) is 9.84 Å². The Kier molecular flexibility index (Phi) is 5.17. The van der Waals surface area contributed by atoms with Crippen molar-refractivity contribution in [2.45, 2.75) is 19.9 Å². The molecule has 0 saturated heterocycles. The number of benzene rings is 1. The summed E-state index contributed by atoms with van der Waals surface area (Å²) in [5, 5.41) is 14.0. The molecule has 104 valence electrons. The number of hydrogen-bond acceptors (Lipinski definition) is 3. The molecular formula is C13H18N2O4. The van der Waals surface area contributed by atoms with Crippen molar-refractivity contribution in [1.82, 2.24) is 5.32 Å². The van der Waals surface area contributed by atoms with Crippen LogP contribution in [0.3, 0.4) is 0 Å². The van der Waals surface area contributed by atoms with Gasteiger partial charge in [-0.15, -0.1) is 0 Å². The molecule has 0 unspecified atom stereocenters. The van der Waals surface area contributed by atoms with Crippen molar-refractivity contribution < 1.29 is 19.4 Å². The second-order valence-electron chi connectivity index (χ2n) is 4.39. The van der Waals surface area contributed by atoms with Gasteiger partial charge < -0.3 is 20.5 Å². The fourth-order valence-electron chi connectivity index (χ4n) is 1.52. The number of carboxylic acid groups (broad SMARTS) is 1. The van der Waals surface area contributed by atoms with Crippen molar-refractivity contribution in [2.75, 3.05) is 12.4 Å². The van der Waals surface area contributed by atoms with E-state index in [-0.39, 0.29) is 5.92 Å². The maximum atomic E-state index is 11.7. The first-order chi connectivity index (χ1) is 8.93. The van der Waals surface area contributed by atoms with E-state index in [1.807, 2.05) is 0 Å². The average molecular weight is 266 g/mol. The number of hydrogen-bond donors (Lipinski definition) is 3. The van der Waals surface area contributed by atoms with E-state index in [2.05, 4.69) is 10.6 Å². The molecule has 1 aromatic rings. The Bertz CT molecular complexity index is 460. The molecule has 2 amide bonds. The van der Waals surface area contributed by atoms with Crippen LogP contribution in [0.15, 0.2) is 24.3 Å². The summed E-state index contributed by atoms with van der Waals surface area (Å²) in [6.45, 7) is 3.45. The highest BCUT2D eigenvalue weighted by Crippen LogP contribution is 2.16. The van der Waals surface area contributed by atoms with Crippen LogP contribution in [-0.2, 0) is 4.79 Å². The monoisotopic (exact) mass is 266 g/mol. The van der Waals surface area contributed by atoms with Gasteiger partial charge in [-0.05, 0) is 18.1 Å². The van der Waals surface area contributed by atoms with Gasteiger partial charge in [0.05, 0.1) is 7.11 Å². The Labute approximate surface area is 111 Å². The third kappa shape index (κ3) is 4.50. The molecule has 0 aliphatic rings. The molecule has 0 aliphatic heterocycles. The van der Waals surface area contributed by atoms with E-state index in [1.54, 1.807) is 38.1 Å². The van der Waals surface area contributed by atoms with Gasteiger partial charge in [0.25, 0.3) is 0 Å². The Morgan fingerprint density at radius 2 is 2.00 bits per heavy atom. The van der Waals surface area contributed by atoms with Gasteiger partial charge in [0.2, 0.25) is 0 Å². The van der Waals surface area contributed by atoms with Gasteiger partial charge in [0, 0.05) is 11.8 Å². The number of amides is 2. The van der Waals surface area contributed by atoms with Crippen LogP contribution >= 0.6 is 0 Å². The molecule has 0 heterocycles. The maximum absolute atomic E-state index is 11.7. The summed E-state index contributed by atoms with van der Waals surface area (Å²) >= 11 is 0. The van der Waals surface area contributed by atoms with Gasteiger partial charge in [-0.25, -0.2) is 9.59 Å². The first-order valence-corrected chi connectivity index (χ1v) is 5.88. The highest BCUT2D eigenvalue weighted by molar-refractivity contribution is 5.92. The van der Waals surface area contributed by atoms with Gasteiger partial charge in [0.15, 0.2) is 0 Å². The summed E-state index contributed by atoms with van der Waals surface area (Å²) in [5.74, 6) is -0.652. The van der Waals surface area contributed by atoms with Crippen molar-refractivity contribution >= 4 is 17.7 Å². The second-order valence-corrected chi connectivity index (χ2v) is 4.39. The smallest absolute Gasteiger partial charge is 0.326 e. The Morgan fingerprint density at radius 1 is 1.32 bits per heavy atom. The molecule has 1 aromatic carbocycles. The molecule has 19 heavy (non-hydrogen) atoms. The van der Waals surface area contributed by atoms with E-state index in [9.17, 15) is 9.59 Å². The van der Waals surface area contributed by atoms with Crippen LogP contribution in [0, 0.1) is 5.92 Å². The third-order valence-electron chi connectivity index (χ3n) is 2.55. The highest BCUT2D eigenvalue weighted by atomic mass is 16.5.